The molecule has 2 aromatic heterocycles. The predicted molar refractivity (Wildman–Crippen MR) is 74.5 cm³/mol. The first-order valence-electron chi connectivity index (χ1n) is 5.92. The van der Waals surface area contributed by atoms with Crippen molar-refractivity contribution in [2.75, 3.05) is 13.7 Å². The van der Waals surface area contributed by atoms with E-state index in [0.29, 0.717) is 17.6 Å². The molecule has 5 nitrogen and oxygen atoms in total. The normalized spacial score (nSPS) is 14.2. The standard InChI is InChI=1S/C13H17ClN4O/c1-13(8-15,10-5-4-6-11(14)17-10)9-7-16-18(2)12(9)19-3/h4-7H,8,15H2,1-3H3. The van der Waals surface area contributed by atoms with Crippen molar-refractivity contribution >= 4 is 11.6 Å². The number of nitrogens with zero attached hydrogens (tertiary/aromatic N) is 3. The van der Waals surface area contributed by atoms with E-state index in [1.54, 1.807) is 24.1 Å². The van der Waals surface area contributed by atoms with Crippen molar-refractivity contribution in [2.24, 2.45) is 12.8 Å². The summed E-state index contributed by atoms with van der Waals surface area (Å²) < 4.78 is 7.07. The number of rotatable bonds is 4. The van der Waals surface area contributed by atoms with Gasteiger partial charge in [0.2, 0.25) is 5.88 Å². The summed E-state index contributed by atoms with van der Waals surface area (Å²) in [5, 5.41) is 4.67. The molecular formula is C13H17ClN4O. The van der Waals surface area contributed by atoms with Gasteiger partial charge in [-0.25, -0.2) is 9.67 Å². The van der Waals surface area contributed by atoms with Crippen LogP contribution in [0.5, 0.6) is 5.88 Å². The Morgan fingerprint density at radius 2 is 2.21 bits per heavy atom. The first kappa shape index (κ1) is 13.8. The van der Waals surface area contributed by atoms with Gasteiger partial charge in [-0.1, -0.05) is 17.7 Å². The van der Waals surface area contributed by atoms with Gasteiger partial charge in [-0.3, -0.25) is 0 Å². The van der Waals surface area contributed by atoms with Gasteiger partial charge in [0.05, 0.1) is 24.4 Å². The summed E-state index contributed by atoms with van der Waals surface area (Å²) in [7, 11) is 3.44. The zero-order chi connectivity index (χ0) is 14.0. The molecule has 0 aliphatic carbocycles. The zero-order valence-electron chi connectivity index (χ0n) is 11.2. The molecule has 0 aliphatic rings. The number of aromatic nitrogens is 3. The molecule has 1 unspecified atom stereocenters. The van der Waals surface area contributed by atoms with E-state index >= 15 is 0 Å². The van der Waals surface area contributed by atoms with Crippen LogP contribution >= 0.6 is 11.6 Å². The average Bonchev–Trinajstić information content (AvgIpc) is 2.79. The predicted octanol–water partition coefficient (Wildman–Crippen LogP) is 1.74. The number of aryl methyl sites for hydroxylation is 1. The van der Waals surface area contributed by atoms with E-state index in [-0.39, 0.29) is 0 Å². The largest absolute Gasteiger partial charge is 0.481 e. The van der Waals surface area contributed by atoms with Crippen LogP contribution in [-0.4, -0.2) is 28.4 Å². The van der Waals surface area contributed by atoms with Crippen LogP contribution in [0.2, 0.25) is 5.15 Å². The summed E-state index contributed by atoms with van der Waals surface area (Å²) >= 11 is 5.97. The Labute approximate surface area is 117 Å². The number of hydrogen-bond acceptors (Lipinski definition) is 4. The molecule has 0 amide bonds. The Bertz CT molecular complexity index is 584. The fourth-order valence-corrected chi connectivity index (χ4v) is 2.28. The first-order chi connectivity index (χ1) is 9.02. The summed E-state index contributed by atoms with van der Waals surface area (Å²) in [6, 6.07) is 5.51. The minimum Gasteiger partial charge on any atom is -0.481 e. The lowest BCUT2D eigenvalue weighted by Gasteiger charge is -2.27. The van der Waals surface area contributed by atoms with E-state index in [4.69, 9.17) is 22.1 Å². The highest BCUT2D eigenvalue weighted by molar-refractivity contribution is 6.29. The van der Waals surface area contributed by atoms with Crippen molar-refractivity contribution in [1.29, 1.82) is 0 Å². The summed E-state index contributed by atoms with van der Waals surface area (Å²) in [6.07, 6.45) is 1.76. The molecule has 19 heavy (non-hydrogen) atoms. The Morgan fingerprint density at radius 3 is 2.79 bits per heavy atom. The number of hydrogen-bond donors (Lipinski definition) is 1. The fourth-order valence-electron chi connectivity index (χ4n) is 2.11. The number of pyridine rings is 1. The smallest absolute Gasteiger partial charge is 0.215 e. The molecular weight excluding hydrogens is 264 g/mol. The van der Waals surface area contributed by atoms with Crippen LogP contribution in [0.25, 0.3) is 0 Å². The first-order valence-corrected chi connectivity index (χ1v) is 6.30. The molecule has 0 radical (unpaired) electrons. The van der Waals surface area contributed by atoms with Crippen molar-refractivity contribution in [3.05, 3.63) is 40.8 Å². The SMILES string of the molecule is COc1c(C(C)(CN)c2cccc(Cl)n2)cnn1C. The van der Waals surface area contributed by atoms with E-state index in [1.165, 1.54) is 0 Å². The van der Waals surface area contributed by atoms with Crippen LogP contribution in [0.1, 0.15) is 18.2 Å². The van der Waals surface area contributed by atoms with Crippen LogP contribution in [0.15, 0.2) is 24.4 Å². The molecule has 0 spiro atoms. The molecule has 6 heteroatoms. The molecule has 2 rings (SSSR count). The molecule has 0 bridgehead atoms. The highest BCUT2D eigenvalue weighted by Gasteiger charge is 2.34. The van der Waals surface area contributed by atoms with E-state index < -0.39 is 5.41 Å². The summed E-state index contributed by atoms with van der Waals surface area (Å²) in [5.74, 6) is 0.676. The van der Waals surface area contributed by atoms with Crippen molar-refractivity contribution in [1.82, 2.24) is 14.8 Å². The van der Waals surface area contributed by atoms with Crippen LogP contribution in [-0.2, 0) is 12.5 Å². The third-order valence-corrected chi connectivity index (χ3v) is 3.57. The molecule has 2 heterocycles. The van der Waals surface area contributed by atoms with E-state index in [1.807, 2.05) is 26.1 Å². The Balaban J connectivity index is 2.59. The lowest BCUT2D eigenvalue weighted by Crippen LogP contribution is -2.34. The van der Waals surface area contributed by atoms with Gasteiger partial charge >= 0.3 is 0 Å². The Hall–Kier alpha value is -1.59. The minimum atomic E-state index is -0.496. The van der Waals surface area contributed by atoms with E-state index in [0.717, 1.165) is 11.3 Å². The number of halogens is 1. The van der Waals surface area contributed by atoms with Crippen molar-refractivity contribution in [2.45, 2.75) is 12.3 Å². The number of methoxy groups -OCH3 is 1. The molecule has 2 N–H and O–H groups in total. The molecule has 1 atom stereocenters. The molecule has 2 aromatic rings. The van der Waals surface area contributed by atoms with Crippen molar-refractivity contribution in [3.63, 3.8) is 0 Å². The Morgan fingerprint density at radius 1 is 1.47 bits per heavy atom. The third kappa shape index (κ3) is 2.31. The van der Waals surface area contributed by atoms with Gasteiger partial charge in [0.25, 0.3) is 0 Å². The topological polar surface area (TPSA) is 66.0 Å². The van der Waals surface area contributed by atoms with E-state index in [2.05, 4.69) is 10.1 Å². The third-order valence-electron chi connectivity index (χ3n) is 3.36. The van der Waals surface area contributed by atoms with Crippen molar-refractivity contribution < 1.29 is 4.74 Å². The fraction of sp³-hybridized carbons (Fsp3) is 0.385. The molecule has 0 fully saturated rings. The summed E-state index contributed by atoms with van der Waals surface area (Å²) in [5.41, 5.74) is 7.18. The van der Waals surface area contributed by atoms with Gasteiger partial charge in [-0.05, 0) is 19.1 Å². The molecule has 102 valence electrons. The lowest BCUT2D eigenvalue weighted by molar-refractivity contribution is 0.360. The quantitative estimate of drug-likeness (QED) is 0.867. The van der Waals surface area contributed by atoms with Crippen LogP contribution in [0.3, 0.4) is 0 Å². The van der Waals surface area contributed by atoms with Crippen LogP contribution < -0.4 is 10.5 Å². The second-order valence-corrected chi connectivity index (χ2v) is 4.96. The zero-order valence-corrected chi connectivity index (χ0v) is 12.0. The van der Waals surface area contributed by atoms with E-state index in [9.17, 15) is 0 Å². The molecule has 0 saturated carbocycles. The summed E-state index contributed by atoms with van der Waals surface area (Å²) in [6.45, 7) is 2.38. The van der Waals surface area contributed by atoms with Gasteiger partial charge in [-0.2, -0.15) is 5.10 Å². The van der Waals surface area contributed by atoms with Gasteiger partial charge in [0.15, 0.2) is 0 Å². The van der Waals surface area contributed by atoms with Crippen molar-refractivity contribution in [3.8, 4) is 5.88 Å². The van der Waals surface area contributed by atoms with Gasteiger partial charge in [-0.15, -0.1) is 0 Å². The van der Waals surface area contributed by atoms with Crippen LogP contribution in [0, 0.1) is 0 Å². The lowest BCUT2D eigenvalue weighted by atomic mass is 9.80. The Kier molecular flexibility index (Phi) is 3.78. The maximum absolute atomic E-state index is 5.98. The average molecular weight is 281 g/mol. The molecule has 0 aromatic carbocycles. The minimum absolute atomic E-state index is 0.377. The van der Waals surface area contributed by atoms with Gasteiger partial charge in [0, 0.05) is 19.2 Å². The molecule has 0 saturated heterocycles. The maximum Gasteiger partial charge on any atom is 0.215 e. The second-order valence-electron chi connectivity index (χ2n) is 4.57. The number of ether oxygens (including phenoxy) is 1. The highest BCUT2D eigenvalue weighted by atomic mass is 35.5. The number of nitrogens with two attached hydrogens (primary N) is 1. The molecule has 0 aliphatic heterocycles. The van der Waals surface area contributed by atoms with Gasteiger partial charge in [0.1, 0.15) is 5.15 Å². The summed E-state index contributed by atoms with van der Waals surface area (Å²) in [4.78, 5) is 4.37. The van der Waals surface area contributed by atoms with Crippen LogP contribution in [0.4, 0.5) is 0 Å². The highest BCUT2D eigenvalue weighted by Crippen LogP contribution is 2.35. The second kappa shape index (κ2) is 5.19. The monoisotopic (exact) mass is 280 g/mol. The van der Waals surface area contributed by atoms with Gasteiger partial charge < -0.3 is 10.5 Å². The maximum atomic E-state index is 5.98.